The first-order valence-corrected chi connectivity index (χ1v) is 5.22. The zero-order chi connectivity index (χ0) is 12.4. The minimum atomic E-state index is 0.529. The Bertz CT molecular complexity index is 599. The van der Waals surface area contributed by atoms with E-state index in [0.29, 0.717) is 11.3 Å². The smallest absolute Gasteiger partial charge is 0.139 e. The molecule has 0 saturated heterocycles. The first kappa shape index (κ1) is 11.2. The third-order valence-corrected chi connectivity index (χ3v) is 2.65. The molecule has 0 atom stereocenters. The summed E-state index contributed by atoms with van der Waals surface area (Å²) in [6.45, 7) is 0. The Hall–Kier alpha value is -2.28. The number of benzene rings is 1. The van der Waals surface area contributed by atoms with Crippen molar-refractivity contribution in [3.63, 3.8) is 0 Å². The van der Waals surface area contributed by atoms with Gasteiger partial charge in [-0.15, -0.1) is 0 Å². The second kappa shape index (κ2) is 4.30. The normalized spacial score (nSPS) is 10.0. The Balaban J connectivity index is 2.91. The minimum Gasteiger partial charge on any atom is -0.495 e. The van der Waals surface area contributed by atoms with Gasteiger partial charge in [-0.2, -0.15) is 5.26 Å². The lowest BCUT2D eigenvalue weighted by Gasteiger charge is -2.17. The van der Waals surface area contributed by atoms with Crippen LogP contribution in [-0.2, 0) is 0 Å². The fourth-order valence-corrected chi connectivity index (χ4v) is 1.83. The Morgan fingerprint density at radius 1 is 1.41 bits per heavy atom. The van der Waals surface area contributed by atoms with E-state index in [-0.39, 0.29) is 0 Å². The highest BCUT2D eigenvalue weighted by atomic mass is 16.5. The molecule has 0 aliphatic heterocycles. The number of methoxy groups -OCH3 is 1. The molecule has 4 nitrogen and oxygen atoms in total. The molecular formula is C13H13N3O. The molecular weight excluding hydrogens is 214 g/mol. The number of anilines is 1. The van der Waals surface area contributed by atoms with Crippen LogP contribution in [0, 0.1) is 11.3 Å². The number of hydrogen-bond acceptors (Lipinski definition) is 4. The quantitative estimate of drug-likeness (QED) is 0.789. The topological polar surface area (TPSA) is 49.1 Å². The number of fused-ring (bicyclic) bond motifs is 1. The minimum absolute atomic E-state index is 0.529. The van der Waals surface area contributed by atoms with Crippen molar-refractivity contribution in [3.8, 4) is 11.8 Å². The summed E-state index contributed by atoms with van der Waals surface area (Å²) in [6.07, 6.45) is 1.73. The molecule has 2 rings (SSSR count). The molecule has 1 aromatic carbocycles. The van der Waals surface area contributed by atoms with Crippen LogP contribution >= 0.6 is 0 Å². The van der Waals surface area contributed by atoms with E-state index < -0.39 is 0 Å². The van der Waals surface area contributed by atoms with Gasteiger partial charge in [0.25, 0.3) is 0 Å². The van der Waals surface area contributed by atoms with Crippen molar-refractivity contribution in [1.29, 1.82) is 5.26 Å². The summed E-state index contributed by atoms with van der Waals surface area (Å²) in [4.78, 5) is 6.30. The van der Waals surface area contributed by atoms with Crippen molar-refractivity contribution < 1.29 is 4.74 Å². The molecule has 1 aromatic heterocycles. The Morgan fingerprint density at radius 2 is 2.18 bits per heavy atom. The summed E-state index contributed by atoms with van der Waals surface area (Å²) < 4.78 is 5.26. The van der Waals surface area contributed by atoms with Crippen LogP contribution in [0.1, 0.15) is 5.56 Å². The highest BCUT2D eigenvalue weighted by molar-refractivity contribution is 5.96. The molecule has 0 amide bonds. The maximum absolute atomic E-state index is 9.21. The van der Waals surface area contributed by atoms with Gasteiger partial charge in [0.1, 0.15) is 17.4 Å². The van der Waals surface area contributed by atoms with Crippen molar-refractivity contribution in [2.24, 2.45) is 0 Å². The molecule has 0 spiro atoms. The van der Waals surface area contributed by atoms with Crippen molar-refractivity contribution in [2.45, 2.75) is 0 Å². The van der Waals surface area contributed by atoms with Gasteiger partial charge in [-0.1, -0.05) is 0 Å². The van der Waals surface area contributed by atoms with Gasteiger partial charge in [0, 0.05) is 31.7 Å². The number of ether oxygens (including phenoxy) is 1. The molecule has 17 heavy (non-hydrogen) atoms. The maximum atomic E-state index is 9.21. The molecule has 0 radical (unpaired) electrons. The van der Waals surface area contributed by atoms with Gasteiger partial charge in [0.15, 0.2) is 0 Å². The van der Waals surface area contributed by atoms with Crippen LogP contribution in [0.15, 0.2) is 24.4 Å². The van der Waals surface area contributed by atoms with Gasteiger partial charge in [-0.25, -0.2) is 0 Å². The van der Waals surface area contributed by atoms with E-state index in [4.69, 9.17) is 4.74 Å². The summed E-state index contributed by atoms with van der Waals surface area (Å²) >= 11 is 0. The Morgan fingerprint density at radius 3 is 2.76 bits per heavy atom. The molecule has 0 unspecified atom stereocenters. The molecule has 0 N–H and O–H groups in total. The van der Waals surface area contributed by atoms with Gasteiger partial charge in [-0.3, -0.25) is 4.98 Å². The predicted octanol–water partition coefficient (Wildman–Crippen LogP) is 2.18. The van der Waals surface area contributed by atoms with E-state index in [0.717, 1.165) is 16.6 Å². The third-order valence-electron chi connectivity index (χ3n) is 2.65. The second-order valence-electron chi connectivity index (χ2n) is 3.88. The first-order chi connectivity index (χ1) is 8.19. The molecule has 4 heteroatoms. The molecule has 2 aromatic rings. The van der Waals surface area contributed by atoms with E-state index in [1.807, 2.05) is 37.2 Å². The largest absolute Gasteiger partial charge is 0.495 e. The standard InChI is InChI=1S/C13H13N3O/c1-16(2)11-7-12(17-3)10(8-14)9-5-4-6-15-13(9)11/h4-7H,1-3H3. The molecule has 0 fully saturated rings. The summed E-state index contributed by atoms with van der Waals surface area (Å²) in [5.41, 5.74) is 2.28. The van der Waals surface area contributed by atoms with Crippen molar-refractivity contribution in [3.05, 3.63) is 30.0 Å². The number of hydrogen-bond donors (Lipinski definition) is 0. The third kappa shape index (κ3) is 1.76. The van der Waals surface area contributed by atoms with E-state index >= 15 is 0 Å². The SMILES string of the molecule is COc1cc(N(C)C)c2ncccc2c1C#N. The van der Waals surface area contributed by atoms with Gasteiger partial charge in [-0.05, 0) is 12.1 Å². The number of nitrogens with zero attached hydrogens (tertiary/aromatic N) is 3. The summed E-state index contributed by atoms with van der Waals surface area (Å²) in [6, 6.07) is 7.72. The summed E-state index contributed by atoms with van der Waals surface area (Å²) in [5, 5.41) is 10.0. The zero-order valence-corrected chi connectivity index (χ0v) is 10.1. The zero-order valence-electron chi connectivity index (χ0n) is 10.1. The average Bonchev–Trinajstić information content (AvgIpc) is 2.36. The number of aromatic nitrogens is 1. The molecule has 0 aliphatic carbocycles. The number of rotatable bonds is 2. The van der Waals surface area contributed by atoms with E-state index in [9.17, 15) is 5.26 Å². The van der Waals surface area contributed by atoms with E-state index in [1.165, 1.54) is 0 Å². The number of pyridine rings is 1. The maximum Gasteiger partial charge on any atom is 0.139 e. The van der Waals surface area contributed by atoms with Crippen LogP contribution in [0.3, 0.4) is 0 Å². The first-order valence-electron chi connectivity index (χ1n) is 5.22. The van der Waals surface area contributed by atoms with Crippen LogP contribution in [-0.4, -0.2) is 26.2 Å². The fraction of sp³-hybridized carbons (Fsp3) is 0.231. The highest BCUT2D eigenvalue weighted by Gasteiger charge is 2.14. The summed E-state index contributed by atoms with van der Waals surface area (Å²) in [5.74, 6) is 0.580. The second-order valence-corrected chi connectivity index (χ2v) is 3.88. The van der Waals surface area contributed by atoms with Gasteiger partial charge in [0.2, 0.25) is 0 Å². The Labute approximate surface area is 100 Å². The van der Waals surface area contributed by atoms with Crippen molar-refractivity contribution in [1.82, 2.24) is 4.98 Å². The predicted molar refractivity (Wildman–Crippen MR) is 67.3 cm³/mol. The molecule has 0 aliphatic rings. The van der Waals surface area contributed by atoms with E-state index in [2.05, 4.69) is 11.1 Å². The van der Waals surface area contributed by atoms with Crippen LogP contribution in [0.2, 0.25) is 0 Å². The molecule has 86 valence electrons. The van der Waals surface area contributed by atoms with Crippen LogP contribution in [0.25, 0.3) is 10.9 Å². The fourth-order valence-electron chi connectivity index (χ4n) is 1.83. The van der Waals surface area contributed by atoms with Crippen LogP contribution in [0.5, 0.6) is 5.75 Å². The average molecular weight is 227 g/mol. The van der Waals surface area contributed by atoms with E-state index in [1.54, 1.807) is 13.3 Å². The lowest BCUT2D eigenvalue weighted by molar-refractivity contribution is 0.414. The van der Waals surface area contributed by atoms with Crippen LogP contribution in [0.4, 0.5) is 5.69 Å². The monoisotopic (exact) mass is 227 g/mol. The van der Waals surface area contributed by atoms with Gasteiger partial charge in [0.05, 0.1) is 18.3 Å². The Kier molecular flexibility index (Phi) is 2.84. The number of nitriles is 1. The molecule has 1 heterocycles. The molecule has 0 bridgehead atoms. The molecule has 0 saturated carbocycles. The van der Waals surface area contributed by atoms with Crippen molar-refractivity contribution in [2.75, 3.05) is 26.1 Å². The van der Waals surface area contributed by atoms with Crippen molar-refractivity contribution >= 4 is 16.6 Å². The highest BCUT2D eigenvalue weighted by Crippen LogP contribution is 2.33. The van der Waals surface area contributed by atoms with Crippen LogP contribution < -0.4 is 9.64 Å². The lowest BCUT2D eigenvalue weighted by Crippen LogP contribution is -2.10. The lowest BCUT2D eigenvalue weighted by atomic mass is 10.1. The van der Waals surface area contributed by atoms with Gasteiger partial charge < -0.3 is 9.64 Å². The van der Waals surface area contributed by atoms with Gasteiger partial charge >= 0.3 is 0 Å². The summed E-state index contributed by atoms with van der Waals surface area (Å²) in [7, 11) is 5.45.